The zero-order valence-electron chi connectivity index (χ0n) is 15.1. The van der Waals surface area contributed by atoms with Gasteiger partial charge in [0.1, 0.15) is 5.75 Å². The molecule has 1 N–H and O–H groups in total. The van der Waals surface area contributed by atoms with Crippen LogP contribution in [0.15, 0.2) is 71.9 Å². The molecule has 2 amide bonds. The highest BCUT2D eigenvalue weighted by Crippen LogP contribution is 2.17. The first-order valence-corrected chi connectivity index (χ1v) is 8.47. The minimum Gasteiger partial charge on any atom is -0.497 e. The average molecular weight is 364 g/mol. The third-order valence-corrected chi connectivity index (χ3v) is 3.63. The lowest BCUT2D eigenvalue weighted by atomic mass is 10.3. The summed E-state index contributed by atoms with van der Waals surface area (Å²) in [7, 11) is 1.57. The fourth-order valence-electron chi connectivity index (χ4n) is 2.44. The SMILES string of the molecule is CCOc1cc(=NC(=O)Nc2cccc(OC)c2)cnn1-c1ccccc1. The van der Waals surface area contributed by atoms with Crippen molar-refractivity contribution in [1.29, 1.82) is 0 Å². The largest absolute Gasteiger partial charge is 0.497 e. The topological polar surface area (TPSA) is 77.7 Å². The van der Waals surface area contributed by atoms with Gasteiger partial charge in [-0.15, -0.1) is 0 Å². The van der Waals surface area contributed by atoms with E-state index in [2.05, 4.69) is 15.4 Å². The molecule has 0 radical (unpaired) electrons. The van der Waals surface area contributed by atoms with Crippen LogP contribution in [-0.4, -0.2) is 29.5 Å². The van der Waals surface area contributed by atoms with Crippen molar-refractivity contribution in [2.24, 2.45) is 4.99 Å². The second-order valence-corrected chi connectivity index (χ2v) is 5.51. The van der Waals surface area contributed by atoms with Gasteiger partial charge in [0.05, 0.1) is 31.0 Å². The lowest BCUT2D eigenvalue weighted by Gasteiger charge is -2.11. The smallest absolute Gasteiger partial charge is 0.345 e. The molecule has 0 aliphatic heterocycles. The quantitative estimate of drug-likeness (QED) is 0.752. The van der Waals surface area contributed by atoms with Gasteiger partial charge >= 0.3 is 6.03 Å². The van der Waals surface area contributed by atoms with Gasteiger partial charge in [-0.2, -0.15) is 10.1 Å². The third-order valence-electron chi connectivity index (χ3n) is 3.63. The molecule has 0 saturated carbocycles. The number of ether oxygens (including phenoxy) is 2. The Hall–Kier alpha value is -3.61. The van der Waals surface area contributed by atoms with E-state index >= 15 is 0 Å². The van der Waals surface area contributed by atoms with Crippen LogP contribution in [0, 0.1) is 0 Å². The van der Waals surface area contributed by atoms with E-state index in [0.29, 0.717) is 29.3 Å². The number of urea groups is 1. The molecule has 0 aliphatic carbocycles. The van der Waals surface area contributed by atoms with Crippen molar-refractivity contribution in [3.05, 3.63) is 72.2 Å². The minimum atomic E-state index is -0.509. The number of benzene rings is 2. The fourth-order valence-corrected chi connectivity index (χ4v) is 2.44. The van der Waals surface area contributed by atoms with Crippen LogP contribution >= 0.6 is 0 Å². The Morgan fingerprint density at radius 2 is 1.96 bits per heavy atom. The van der Waals surface area contributed by atoms with Crippen molar-refractivity contribution in [1.82, 2.24) is 9.78 Å². The number of nitrogens with one attached hydrogen (secondary N) is 1. The summed E-state index contributed by atoms with van der Waals surface area (Å²) in [5.41, 5.74) is 1.45. The average Bonchev–Trinajstić information content (AvgIpc) is 2.69. The zero-order valence-corrected chi connectivity index (χ0v) is 15.1. The monoisotopic (exact) mass is 364 g/mol. The number of anilines is 1. The summed E-state index contributed by atoms with van der Waals surface area (Å²) in [6.07, 6.45) is 1.51. The number of carbonyl (C=O) groups is 1. The summed E-state index contributed by atoms with van der Waals surface area (Å²) in [6, 6.07) is 17.8. The van der Waals surface area contributed by atoms with E-state index in [0.717, 1.165) is 5.69 Å². The van der Waals surface area contributed by atoms with Crippen LogP contribution < -0.4 is 20.1 Å². The van der Waals surface area contributed by atoms with Gasteiger partial charge in [0, 0.05) is 17.8 Å². The highest BCUT2D eigenvalue weighted by molar-refractivity contribution is 5.90. The summed E-state index contributed by atoms with van der Waals surface area (Å²) >= 11 is 0. The number of nitrogens with zero attached hydrogens (tertiary/aromatic N) is 3. The molecular formula is C20H20N4O3. The second-order valence-electron chi connectivity index (χ2n) is 5.51. The van der Waals surface area contributed by atoms with Crippen molar-refractivity contribution in [2.45, 2.75) is 6.92 Å². The predicted octanol–water partition coefficient (Wildman–Crippen LogP) is 3.41. The molecule has 0 spiro atoms. The third kappa shape index (κ3) is 4.72. The minimum absolute atomic E-state index is 0.394. The molecule has 27 heavy (non-hydrogen) atoms. The molecule has 138 valence electrons. The Labute approximate surface area is 156 Å². The lowest BCUT2D eigenvalue weighted by molar-refractivity contribution is 0.259. The van der Waals surface area contributed by atoms with E-state index in [1.807, 2.05) is 37.3 Å². The maximum Gasteiger partial charge on any atom is 0.345 e. The molecule has 0 fully saturated rings. The van der Waals surface area contributed by atoms with Gasteiger partial charge in [0.25, 0.3) is 0 Å². The maximum absolute atomic E-state index is 12.2. The van der Waals surface area contributed by atoms with E-state index in [4.69, 9.17) is 9.47 Å². The Morgan fingerprint density at radius 1 is 1.15 bits per heavy atom. The molecule has 1 aromatic heterocycles. The van der Waals surface area contributed by atoms with Crippen LogP contribution in [0.4, 0.5) is 10.5 Å². The van der Waals surface area contributed by atoms with Crippen molar-refractivity contribution in [2.75, 3.05) is 19.0 Å². The molecule has 0 atom stereocenters. The maximum atomic E-state index is 12.2. The number of hydrogen-bond donors (Lipinski definition) is 1. The van der Waals surface area contributed by atoms with E-state index in [9.17, 15) is 4.79 Å². The number of rotatable bonds is 5. The van der Waals surface area contributed by atoms with Crippen LogP contribution in [0.5, 0.6) is 11.6 Å². The van der Waals surface area contributed by atoms with Crippen molar-refractivity contribution in [3.63, 3.8) is 0 Å². The van der Waals surface area contributed by atoms with Crippen LogP contribution in [0.2, 0.25) is 0 Å². The standard InChI is InChI=1S/C20H20N4O3/c1-3-27-19-13-16(14-21-24(19)17-9-5-4-6-10-17)23-20(25)22-15-8-7-11-18(12-15)26-2/h4-14H,3H2,1-2H3,(H,22,25). The number of amides is 2. The molecule has 3 aromatic rings. The van der Waals surface area contributed by atoms with Crippen LogP contribution in [0.3, 0.4) is 0 Å². The van der Waals surface area contributed by atoms with Crippen LogP contribution in [0.1, 0.15) is 6.92 Å². The van der Waals surface area contributed by atoms with Gasteiger partial charge in [-0.3, -0.25) is 0 Å². The van der Waals surface area contributed by atoms with Gasteiger partial charge in [0.2, 0.25) is 5.88 Å². The number of para-hydroxylation sites is 1. The predicted molar refractivity (Wildman–Crippen MR) is 102 cm³/mol. The number of aromatic nitrogens is 2. The summed E-state index contributed by atoms with van der Waals surface area (Å²) in [5, 5.41) is 7.45. The molecule has 3 rings (SSSR count). The normalized spacial score (nSPS) is 11.1. The van der Waals surface area contributed by atoms with Crippen LogP contribution in [-0.2, 0) is 0 Å². The van der Waals surface area contributed by atoms with Gasteiger partial charge in [0.15, 0.2) is 0 Å². The Balaban J connectivity index is 1.87. The summed E-state index contributed by atoms with van der Waals surface area (Å²) in [4.78, 5) is 16.3. The Kier molecular flexibility index (Phi) is 5.84. The van der Waals surface area contributed by atoms with Crippen molar-refractivity contribution >= 4 is 11.7 Å². The number of hydrogen-bond acceptors (Lipinski definition) is 4. The summed E-state index contributed by atoms with van der Waals surface area (Å²) < 4.78 is 12.5. The van der Waals surface area contributed by atoms with E-state index in [1.54, 1.807) is 42.1 Å². The first-order valence-electron chi connectivity index (χ1n) is 8.47. The number of carbonyl (C=O) groups excluding carboxylic acids is 1. The van der Waals surface area contributed by atoms with Crippen molar-refractivity contribution in [3.8, 4) is 17.3 Å². The summed E-state index contributed by atoms with van der Waals surface area (Å²) in [5.74, 6) is 1.15. The second kappa shape index (κ2) is 8.66. The van der Waals surface area contributed by atoms with E-state index in [1.165, 1.54) is 6.20 Å². The Bertz CT molecular complexity index is 984. The molecule has 0 saturated heterocycles. The molecule has 0 unspecified atom stereocenters. The first-order chi connectivity index (χ1) is 13.2. The van der Waals surface area contributed by atoms with Gasteiger partial charge < -0.3 is 14.8 Å². The molecule has 0 aliphatic rings. The Morgan fingerprint density at radius 3 is 2.70 bits per heavy atom. The molecule has 7 nitrogen and oxygen atoms in total. The lowest BCUT2D eigenvalue weighted by Crippen LogP contribution is -2.17. The highest BCUT2D eigenvalue weighted by atomic mass is 16.5. The molecule has 1 heterocycles. The number of methoxy groups -OCH3 is 1. The summed E-state index contributed by atoms with van der Waals surface area (Å²) in [6.45, 7) is 2.35. The van der Waals surface area contributed by atoms with E-state index < -0.39 is 6.03 Å². The van der Waals surface area contributed by atoms with Gasteiger partial charge in [-0.05, 0) is 31.2 Å². The highest BCUT2D eigenvalue weighted by Gasteiger charge is 2.06. The molecule has 2 aromatic carbocycles. The molecule has 0 bridgehead atoms. The van der Waals surface area contributed by atoms with E-state index in [-0.39, 0.29) is 0 Å². The van der Waals surface area contributed by atoms with Gasteiger partial charge in [-0.1, -0.05) is 24.3 Å². The van der Waals surface area contributed by atoms with Crippen molar-refractivity contribution < 1.29 is 14.3 Å². The molecular weight excluding hydrogens is 344 g/mol. The zero-order chi connectivity index (χ0) is 19.1. The van der Waals surface area contributed by atoms with Gasteiger partial charge in [-0.25, -0.2) is 9.48 Å². The van der Waals surface area contributed by atoms with Crippen LogP contribution in [0.25, 0.3) is 5.69 Å². The first kappa shape index (κ1) is 18.2. The fraction of sp³-hybridized carbons (Fsp3) is 0.150. The molecule has 7 heteroatoms.